The fourth-order valence-electron chi connectivity index (χ4n) is 0.930. The standard InChI is InChI=1S/C10H17O3.CH3.Y/c1-7(2)5-9(11)6-10(12)8(3)13-4;;/h7-8H,1,5-6H2,2-4H3;1H3;/q2*-1;. The van der Waals surface area contributed by atoms with Crippen LogP contribution < -0.4 is 0 Å². The topological polar surface area (TPSA) is 43.4 Å². The van der Waals surface area contributed by atoms with Crippen LogP contribution in [0.25, 0.3) is 0 Å². The first-order valence-corrected chi connectivity index (χ1v) is 4.37. The van der Waals surface area contributed by atoms with E-state index in [9.17, 15) is 9.59 Å². The molecule has 0 aliphatic heterocycles. The number of hydrogen-bond donors (Lipinski definition) is 0. The first-order chi connectivity index (χ1) is 5.97. The zero-order chi connectivity index (χ0) is 10.4. The van der Waals surface area contributed by atoms with Gasteiger partial charge in [0.15, 0.2) is 5.78 Å². The Balaban J connectivity index is -0.000000720. The van der Waals surface area contributed by atoms with Crippen LogP contribution in [-0.2, 0) is 47.0 Å². The summed E-state index contributed by atoms with van der Waals surface area (Å²) in [4.78, 5) is 22.4. The minimum Gasteiger partial charge on any atom is -0.374 e. The van der Waals surface area contributed by atoms with Crippen LogP contribution in [0.2, 0.25) is 0 Å². The van der Waals surface area contributed by atoms with Gasteiger partial charge in [-0.3, -0.25) is 9.59 Å². The van der Waals surface area contributed by atoms with E-state index in [2.05, 4.69) is 6.92 Å². The molecule has 4 heteroatoms. The van der Waals surface area contributed by atoms with Gasteiger partial charge in [-0.15, -0.1) is 0 Å². The molecule has 87 valence electrons. The molecule has 1 radical (unpaired) electrons. The van der Waals surface area contributed by atoms with Gasteiger partial charge in [0, 0.05) is 39.8 Å². The van der Waals surface area contributed by atoms with Gasteiger partial charge in [-0.1, -0.05) is 6.92 Å². The Hall–Kier alpha value is 0.404. The van der Waals surface area contributed by atoms with Crippen LogP contribution in [0.1, 0.15) is 26.7 Å². The Labute approximate surface area is 118 Å². The van der Waals surface area contributed by atoms with E-state index < -0.39 is 6.10 Å². The van der Waals surface area contributed by atoms with Crippen molar-refractivity contribution in [1.82, 2.24) is 0 Å². The van der Waals surface area contributed by atoms with Gasteiger partial charge in [-0.05, 0) is 13.3 Å². The quantitative estimate of drug-likeness (QED) is 0.553. The predicted molar refractivity (Wildman–Crippen MR) is 56.7 cm³/mol. The molecular formula is C11H20O3Y-2. The third-order valence-electron chi connectivity index (χ3n) is 1.75. The van der Waals surface area contributed by atoms with Crippen LogP contribution in [-0.4, -0.2) is 24.8 Å². The fourth-order valence-corrected chi connectivity index (χ4v) is 0.930. The summed E-state index contributed by atoms with van der Waals surface area (Å²) >= 11 is 0. The molecule has 0 N–H and O–H groups in total. The summed E-state index contributed by atoms with van der Waals surface area (Å²) in [7, 11) is 1.46. The largest absolute Gasteiger partial charge is 0.374 e. The zero-order valence-corrected chi connectivity index (χ0v) is 12.9. The van der Waals surface area contributed by atoms with Crippen LogP contribution in [0.15, 0.2) is 0 Å². The van der Waals surface area contributed by atoms with E-state index in [-0.39, 0.29) is 64.0 Å². The molecule has 0 amide bonds. The third kappa shape index (κ3) is 10.7. The number of carbonyl (C=O) groups is 2. The molecule has 2 unspecified atom stereocenters. The summed E-state index contributed by atoms with van der Waals surface area (Å²) < 4.78 is 4.80. The van der Waals surface area contributed by atoms with Crippen molar-refractivity contribution in [3.8, 4) is 0 Å². The third-order valence-corrected chi connectivity index (χ3v) is 1.75. The van der Waals surface area contributed by atoms with Crippen LogP contribution in [0.3, 0.4) is 0 Å². The van der Waals surface area contributed by atoms with Crippen molar-refractivity contribution in [3.63, 3.8) is 0 Å². The summed E-state index contributed by atoms with van der Waals surface area (Å²) in [6.07, 6.45) is -0.152. The molecule has 0 aliphatic carbocycles. The van der Waals surface area contributed by atoms with E-state index in [4.69, 9.17) is 4.74 Å². The smallest absolute Gasteiger partial charge is 0.168 e. The molecule has 0 saturated carbocycles. The summed E-state index contributed by atoms with van der Waals surface area (Å²) in [5, 5.41) is 0. The van der Waals surface area contributed by atoms with Crippen molar-refractivity contribution in [2.24, 2.45) is 5.92 Å². The maximum absolute atomic E-state index is 11.2. The molecule has 0 saturated heterocycles. The van der Waals surface area contributed by atoms with Crippen LogP contribution >= 0.6 is 0 Å². The normalized spacial score (nSPS) is 13.1. The van der Waals surface area contributed by atoms with Gasteiger partial charge in [0.25, 0.3) is 0 Å². The first kappa shape index (κ1) is 20.8. The maximum Gasteiger partial charge on any atom is 0.168 e. The number of ketones is 2. The second-order valence-corrected chi connectivity index (χ2v) is 3.37. The van der Waals surface area contributed by atoms with Crippen molar-refractivity contribution in [2.75, 3.05) is 7.11 Å². The van der Waals surface area contributed by atoms with Crippen LogP contribution in [0.5, 0.6) is 0 Å². The van der Waals surface area contributed by atoms with Gasteiger partial charge < -0.3 is 19.1 Å². The summed E-state index contributed by atoms with van der Waals surface area (Å²) in [6, 6.07) is 0. The van der Waals surface area contributed by atoms with E-state index in [1.807, 2.05) is 6.92 Å². The number of Topliss-reactive ketones (excluding diaryl/α,β-unsaturated/α-hetero) is 2. The van der Waals surface area contributed by atoms with Gasteiger partial charge in [-0.2, -0.15) is 5.92 Å². The molecule has 2 atom stereocenters. The molecule has 3 nitrogen and oxygen atoms in total. The molecule has 0 aromatic rings. The average Bonchev–Trinajstić information content (AvgIpc) is 2.01. The SMILES string of the molecule is [CH2-]C(C)CC(=O)CC(=O)C(C)OC.[CH3-].[Y]. The van der Waals surface area contributed by atoms with E-state index in [1.165, 1.54) is 7.11 Å². The maximum atomic E-state index is 11.2. The Bertz CT molecular complexity index is 190. The van der Waals surface area contributed by atoms with Gasteiger partial charge in [0.1, 0.15) is 11.9 Å². The average molecular weight is 289 g/mol. The molecule has 0 fully saturated rings. The predicted octanol–water partition coefficient (Wildman–Crippen LogP) is 1.86. The molecule has 0 heterocycles. The van der Waals surface area contributed by atoms with Crippen LogP contribution in [0, 0.1) is 20.3 Å². The summed E-state index contributed by atoms with van der Waals surface area (Å²) in [5.41, 5.74) is 0. The number of methoxy groups -OCH3 is 1. The van der Waals surface area contributed by atoms with E-state index in [0.29, 0.717) is 6.42 Å². The Kier molecular flexibility index (Phi) is 15.1. The molecular weight excluding hydrogens is 269 g/mol. The van der Waals surface area contributed by atoms with E-state index in [1.54, 1.807) is 6.92 Å². The second-order valence-electron chi connectivity index (χ2n) is 3.37. The van der Waals surface area contributed by atoms with Gasteiger partial charge in [-0.25, -0.2) is 0 Å². The summed E-state index contributed by atoms with van der Waals surface area (Å²) in [6.45, 7) is 7.18. The van der Waals surface area contributed by atoms with Crippen molar-refractivity contribution in [3.05, 3.63) is 14.4 Å². The molecule has 0 bridgehead atoms. The molecule has 15 heavy (non-hydrogen) atoms. The monoisotopic (exact) mass is 289 g/mol. The number of hydrogen-bond acceptors (Lipinski definition) is 3. The number of ether oxygens (including phenoxy) is 1. The van der Waals surface area contributed by atoms with E-state index >= 15 is 0 Å². The van der Waals surface area contributed by atoms with Crippen molar-refractivity contribution in [2.45, 2.75) is 32.8 Å². The fraction of sp³-hybridized carbons (Fsp3) is 0.636. The molecule has 0 aromatic carbocycles. The summed E-state index contributed by atoms with van der Waals surface area (Å²) in [5.74, 6) is -0.150. The Morgan fingerprint density at radius 2 is 1.80 bits per heavy atom. The Morgan fingerprint density at radius 1 is 1.33 bits per heavy atom. The second kappa shape index (κ2) is 10.9. The minimum atomic E-state index is -0.482. The van der Waals surface area contributed by atoms with Gasteiger partial charge in [0.05, 0.1) is 6.42 Å². The Morgan fingerprint density at radius 3 is 2.13 bits per heavy atom. The molecule has 0 rings (SSSR count). The van der Waals surface area contributed by atoms with Crippen LogP contribution in [0.4, 0.5) is 0 Å². The van der Waals surface area contributed by atoms with Crippen molar-refractivity contribution < 1.29 is 47.0 Å². The van der Waals surface area contributed by atoms with Crippen molar-refractivity contribution >= 4 is 11.6 Å². The molecule has 0 spiro atoms. The molecule has 0 aliphatic rings. The first-order valence-electron chi connectivity index (χ1n) is 4.37. The molecule has 0 aromatic heterocycles. The van der Waals surface area contributed by atoms with Crippen molar-refractivity contribution in [1.29, 1.82) is 0 Å². The zero-order valence-electron chi connectivity index (χ0n) is 10.1. The van der Waals surface area contributed by atoms with Gasteiger partial charge in [0.2, 0.25) is 0 Å². The number of rotatable bonds is 6. The number of carbonyl (C=O) groups excluding carboxylic acids is 2. The van der Waals surface area contributed by atoms with E-state index in [0.717, 1.165) is 0 Å². The minimum absolute atomic E-state index is 0. The van der Waals surface area contributed by atoms with Gasteiger partial charge >= 0.3 is 0 Å².